The Morgan fingerprint density at radius 2 is 1.79 bits per heavy atom. The summed E-state index contributed by atoms with van der Waals surface area (Å²) in [7, 11) is 0. The molecule has 92 valence electrons. The van der Waals surface area contributed by atoms with E-state index in [0.717, 1.165) is 16.3 Å². The molecule has 2 aromatic carbocycles. The van der Waals surface area contributed by atoms with Gasteiger partial charge in [-0.05, 0) is 36.4 Å². The highest BCUT2D eigenvalue weighted by Crippen LogP contribution is 2.23. The van der Waals surface area contributed by atoms with Crippen molar-refractivity contribution in [3.8, 4) is 17.7 Å². The van der Waals surface area contributed by atoms with Crippen LogP contribution in [0.3, 0.4) is 0 Å². The number of nitrogens with one attached hydrogen (secondary N) is 1. The van der Waals surface area contributed by atoms with Gasteiger partial charge in [0.05, 0.1) is 0 Å². The van der Waals surface area contributed by atoms with Gasteiger partial charge < -0.3 is 10.1 Å². The summed E-state index contributed by atoms with van der Waals surface area (Å²) in [5.41, 5.74) is 1.45. The molecule has 0 spiro atoms. The Balaban J connectivity index is 1.98. The number of fused-ring (bicyclic) bond motifs is 1. The second-order valence-electron chi connectivity index (χ2n) is 4.20. The Morgan fingerprint density at radius 1 is 1.00 bits per heavy atom. The minimum atomic E-state index is -0.294. The van der Waals surface area contributed by atoms with Gasteiger partial charge in [-0.1, -0.05) is 17.9 Å². The Morgan fingerprint density at radius 3 is 2.58 bits per heavy atom. The number of halogens is 1. The summed E-state index contributed by atoms with van der Waals surface area (Å²) in [6.45, 7) is 0. The molecule has 0 aliphatic heterocycles. The third-order valence-corrected chi connectivity index (χ3v) is 2.85. The lowest BCUT2D eigenvalue weighted by atomic mass is 10.1. The van der Waals surface area contributed by atoms with Crippen LogP contribution in [0.2, 0.25) is 0 Å². The molecule has 0 amide bonds. The van der Waals surface area contributed by atoms with Crippen LogP contribution >= 0.6 is 0 Å². The molecular weight excluding hydrogens is 241 g/mol. The number of aromatic hydroxyl groups is 1. The number of aromatic amines is 1. The molecule has 0 fully saturated rings. The molecule has 2 nitrogen and oxygen atoms in total. The molecule has 0 saturated carbocycles. The summed E-state index contributed by atoms with van der Waals surface area (Å²) < 4.78 is 13.0. The van der Waals surface area contributed by atoms with Gasteiger partial charge in [0.2, 0.25) is 0 Å². The second kappa shape index (κ2) is 4.51. The predicted octanol–water partition coefficient (Wildman–Crippen LogP) is 3.41. The Bertz CT molecular complexity index is 808. The molecule has 0 bridgehead atoms. The maximum atomic E-state index is 13.0. The zero-order valence-corrected chi connectivity index (χ0v) is 9.94. The number of H-pyrrole nitrogens is 1. The third kappa shape index (κ3) is 2.29. The van der Waals surface area contributed by atoms with Crippen LogP contribution in [0.15, 0.2) is 48.7 Å². The Labute approximate surface area is 109 Å². The minimum absolute atomic E-state index is 0.152. The molecule has 1 heterocycles. The largest absolute Gasteiger partial charge is 0.494 e. The van der Waals surface area contributed by atoms with Crippen molar-refractivity contribution >= 4 is 10.8 Å². The van der Waals surface area contributed by atoms with Gasteiger partial charge in [0.1, 0.15) is 5.82 Å². The van der Waals surface area contributed by atoms with Gasteiger partial charge in [-0.15, -0.1) is 0 Å². The SMILES string of the molecule is Oc1[nH]cc2cc(C#Cc3cccc(F)c3)ccc12. The maximum absolute atomic E-state index is 13.0. The minimum Gasteiger partial charge on any atom is -0.494 e. The molecule has 0 unspecified atom stereocenters. The molecule has 0 saturated heterocycles. The molecular formula is C16H10FNO. The van der Waals surface area contributed by atoms with Crippen LogP contribution in [0.4, 0.5) is 4.39 Å². The van der Waals surface area contributed by atoms with E-state index < -0.39 is 0 Å². The van der Waals surface area contributed by atoms with Crippen molar-refractivity contribution in [2.75, 3.05) is 0 Å². The number of hydrogen-bond acceptors (Lipinski definition) is 1. The van der Waals surface area contributed by atoms with Crippen LogP contribution in [0, 0.1) is 17.7 Å². The molecule has 0 radical (unpaired) electrons. The van der Waals surface area contributed by atoms with E-state index in [1.54, 1.807) is 24.4 Å². The summed E-state index contributed by atoms with van der Waals surface area (Å²) in [6.07, 6.45) is 1.72. The molecule has 0 aliphatic carbocycles. The van der Waals surface area contributed by atoms with E-state index in [4.69, 9.17) is 0 Å². The van der Waals surface area contributed by atoms with Crippen LogP contribution in [-0.2, 0) is 0 Å². The molecule has 3 rings (SSSR count). The van der Waals surface area contributed by atoms with Crippen molar-refractivity contribution in [2.24, 2.45) is 0 Å². The molecule has 19 heavy (non-hydrogen) atoms. The fourth-order valence-electron chi connectivity index (χ4n) is 1.91. The second-order valence-corrected chi connectivity index (χ2v) is 4.20. The zero-order chi connectivity index (χ0) is 13.2. The summed E-state index contributed by atoms with van der Waals surface area (Å²) in [4.78, 5) is 2.74. The van der Waals surface area contributed by atoms with Gasteiger partial charge in [-0.3, -0.25) is 0 Å². The summed E-state index contributed by atoms with van der Waals surface area (Å²) in [6, 6.07) is 11.7. The van der Waals surface area contributed by atoms with Crippen LogP contribution in [0.5, 0.6) is 5.88 Å². The van der Waals surface area contributed by atoms with Gasteiger partial charge in [0, 0.05) is 28.1 Å². The van der Waals surface area contributed by atoms with Crippen LogP contribution in [0.1, 0.15) is 11.1 Å². The van der Waals surface area contributed by atoms with E-state index in [9.17, 15) is 9.50 Å². The number of hydrogen-bond donors (Lipinski definition) is 2. The Kier molecular flexibility index (Phi) is 2.70. The van der Waals surface area contributed by atoms with Crippen molar-refractivity contribution in [1.82, 2.24) is 4.98 Å². The van der Waals surface area contributed by atoms with Gasteiger partial charge >= 0.3 is 0 Å². The van der Waals surface area contributed by atoms with Gasteiger partial charge in [-0.2, -0.15) is 0 Å². The van der Waals surface area contributed by atoms with Crippen LogP contribution in [0.25, 0.3) is 10.8 Å². The van der Waals surface area contributed by atoms with Gasteiger partial charge in [-0.25, -0.2) is 4.39 Å². The predicted molar refractivity (Wildman–Crippen MR) is 72.3 cm³/mol. The van der Waals surface area contributed by atoms with Crippen molar-refractivity contribution in [2.45, 2.75) is 0 Å². The standard InChI is InChI=1S/C16H10FNO/c17-14-3-1-2-11(9-14)4-5-12-6-7-15-13(8-12)10-18-16(15)19/h1-3,6-10,18-19H. The number of rotatable bonds is 0. The van der Waals surface area contributed by atoms with Gasteiger partial charge in [0.15, 0.2) is 5.88 Å². The van der Waals surface area contributed by atoms with Crippen molar-refractivity contribution in [3.05, 3.63) is 65.6 Å². The van der Waals surface area contributed by atoms with Gasteiger partial charge in [0.25, 0.3) is 0 Å². The molecule has 0 atom stereocenters. The summed E-state index contributed by atoms with van der Waals surface area (Å²) in [5, 5.41) is 11.2. The van der Waals surface area contributed by atoms with Crippen molar-refractivity contribution in [1.29, 1.82) is 0 Å². The first kappa shape index (κ1) is 11.4. The highest BCUT2D eigenvalue weighted by atomic mass is 19.1. The Hall–Kier alpha value is -2.73. The summed E-state index contributed by atoms with van der Waals surface area (Å²) in [5.74, 6) is 5.75. The fourth-order valence-corrected chi connectivity index (χ4v) is 1.91. The topological polar surface area (TPSA) is 36.0 Å². The first-order chi connectivity index (χ1) is 9.22. The highest BCUT2D eigenvalue weighted by molar-refractivity contribution is 5.88. The average Bonchev–Trinajstić information content (AvgIpc) is 2.78. The molecule has 1 aromatic heterocycles. The van der Waals surface area contributed by atoms with Crippen LogP contribution in [-0.4, -0.2) is 10.1 Å². The first-order valence-corrected chi connectivity index (χ1v) is 5.80. The molecule has 3 heteroatoms. The molecule has 3 aromatic rings. The van der Waals surface area contributed by atoms with E-state index in [-0.39, 0.29) is 11.7 Å². The summed E-state index contributed by atoms with van der Waals surface area (Å²) >= 11 is 0. The smallest absolute Gasteiger partial charge is 0.196 e. The van der Waals surface area contributed by atoms with E-state index in [0.29, 0.717) is 5.56 Å². The number of benzene rings is 2. The van der Waals surface area contributed by atoms with E-state index in [1.165, 1.54) is 12.1 Å². The molecule has 2 N–H and O–H groups in total. The monoisotopic (exact) mass is 251 g/mol. The zero-order valence-electron chi connectivity index (χ0n) is 9.94. The first-order valence-electron chi connectivity index (χ1n) is 5.80. The van der Waals surface area contributed by atoms with E-state index in [2.05, 4.69) is 16.8 Å². The number of aromatic nitrogens is 1. The van der Waals surface area contributed by atoms with Crippen LogP contribution < -0.4 is 0 Å². The maximum Gasteiger partial charge on any atom is 0.196 e. The third-order valence-electron chi connectivity index (χ3n) is 2.85. The average molecular weight is 251 g/mol. The van der Waals surface area contributed by atoms with Crippen molar-refractivity contribution < 1.29 is 9.50 Å². The van der Waals surface area contributed by atoms with Crippen molar-refractivity contribution in [3.63, 3.8) is 0 Å². The quantitative estimate of drug-likeness (QED) is 0.590. The fraction of sp³-hybridized carbons (Fsp3) is 0. The lowest BCUT2D eigenvalue weighted by molar-refractivity contribution is 0.462. The highest BCUT2D eigenvalue weighted by Gasteiger charge is 2.01. The molecule has 0 aliphatic rings. The normalized spacial score (nSPS) is 10.2. The van der Waals surface area contributed by atoms with E-state index >= 15 is 0 Å². The van der Waals surface area contributed by atoms with E-state index in [1.807, 2.05) is 12.1 Å². The lowest BCUT2D eigenvalue weighted by Gasteiger charge is -1.93. The lowest BCUT2D eigenvalue weighted by Crippen LogP contribution is -1.78.